The Labute approximate surface area is 99.7 Å². The molecule has 0 bridgehead atoms. The first-order valence-corrected chi connectivity index (χ1v) is 6.42. The number of ketones is 1. The third-order valence-corrected chi connectivity index (χ3v) is 3.88. The molecule has 1 fully saturated rings. The molecule has 1 heterocycles. The lowest BCUT2D eigenvalue weighted by Crippen LogP contribution is -2.48. The summed E-state index contributed by atoms with van der Waals surface area (Å²) in [6.07, 6.45) is 7.18. The predicted octanol–water partition coefficient (Wildman–Crippen LogP) is 2.89. The van der Waals surface area contributed by atoms with Crippen LogP contribution in [0, 0.1) is 11.8 Å². The number of rotatable bonds is 4. The van der Waals surface area contributed by atoms with E-state index < -0.39 is 0 Å². The zero-order valence-corrected chi connectivity index (χ0v) is 11.1. The van der Waals surface area contributed by atoms with Gasteiger partial charge >= 0.3 is 0 Å². The van der Waals surface area contributed by atoms with Gasteiger partial charge in [-0.05, 0) is 45.2 Å². The van der Waals surface area contributed by atoms with E-state index in [1.807, 2.05) is 0 Å². The second kappa shape index (κ2) is 6.19. The molecule has 0 aliphatic carbocycles. The molecule has 0 N–H and O–H groups in total. The Balaban J connectivity index is 2.62. The van der Waals surface area contributed by atoms with Crippen LogP contribution in [0.25, 0.3) is 0 Å². The van der Waals surface area contributed by atoms with E-state index in [2.05, 4.69) is 44.9 Å². The molecule has 2 nitrogen and oxygen atoms in total. The van der Waals surface area contributed by atoms with Crippen LogP contribution in [-0.2, 0) is 4.79 Å². The standard InChI is InChI=1S/C14H25NO/c1-5-6-8-11(2)12(3)14-13(16)9-7-10-15(14)4/h5-6,11-12,14H,7-10H2,1-4H3/b6-5-/t11-,12?,14+/m1/s1. The molecular formula is C14H25NO. The Morgan fingerprint density at radius 2 is 2.19 bits per heavy atom. The maximum Gasteiger partial charge on any atom is 0.150 e. The molecule has 1 aliphatic rings. The van der Waals surface area contributed by atoms with Crippen molar-refractivity contribution in [2.24, 2.45) is 11.8 Å². The third-order valence-electron chi connectivity index (χ3n) is 3.88. The summed E-state index contributed by atoms with van der Waals surface area (Å²) < 4.78 is 0. The first-order valence-electron chi connectivity index (χ1n) is 6.42. The number of Topliss-reactive ketones (excluding diaryl/α,β-unsaturated/α-hetero) is 1. The van der Waals surface area contributed by atoms with Crippen LogP contribution in [0.2, 0.25) is 0 Å². The first kappa shape index (κ1) is 13.4. The summed E-state index contributed by atoms with van der Waals surface area (Å²) in [5.74, 6) is 1.47. The molecule has 2 heteroatoms. The number of hydrogen-bond donors (Lipinski definition) is 0. The SMILES string of the molecule is C/C=C\C[C@@H](C)C(C)[C@H]1C(=O)CCCN1C. The highest BCUT2D eigenvalue weighted by Gasteiger charge is 2.33. The molecular weight excluding hydrogens is 198 g/mol. The number of likely N-dealkylation sites (tertiary alicyclic amines) is 1. The second-order valence-electron chi connectivity index (χ2n) is 5.14. The number of piperidine rings is 1. The number of hydrogen-bond acceptors (Lipinski definition) is 2. The van der Waals surface area contributed by atoms with Crippen LogP contribution in [0.5, 0.6) is 0 Å². The van der Waals surface area contributed by atoms with E-state index in [1.54, 1.807) is 0 Å². The van der Waals surface area contributed by atoms with Gasteiger partial charge in [-0.1, -0.05) is 26.0 Å². The van der Waals surface area contributed by atoms with Gasteiger partial charge in [0, 0.05) is 6.42 Å². The molecule has 0 aromatic rings. The molecule has 3 atom stereocenters. The van der Waals surface area contributed by atoms with Gasteiger partial charge in [-0.2, -0.15) is 0 Å². The monoisotopic (exact) mass is 223 g/mol. The van der Waals surface area contributed by atoms with Gasteiger partial charge in [-0.15, -0.1) is 0 Å². The molecule has 0 aromatic carbocycles. The molecule has 1 rings (SSSR count). The van der Waals surface area contributed by atoms with E-state index in [-0.39, 0.29) is 6.04 Å². The number of likely N-dealkylation sites (N-methyl/N-ethyl adjacent to an activating group) is 1. The van der Waals surface area contributed by atoms with Crippen LogP contribution in [0.3, 0.4) is 0 Å². The van der Waals surface area contributed by atoms with Gasteiger partial charge < -0.3 is 0 Å². The zero-order chi connectivity index (χ0) is 12.1. The van der Waals surface area contributed by atoms with E-state index in [9.17, 15) is 4.79 Å². The van der Waals surface area contributed by atoms with E-state index in [1.165, 1.54) is 0 Å². The van der Waals surface area contributed by atoms with Gasteiger partial charge in [-0.3, -0.25) is 9.69 Å². The molecule has 0 amide bonds. The topological polar surface area (TPSA) is 20.3 Å². The van der Waals surface area contributed by atoms with Crippen molar-refractivity contribution in [3.8, 4) is 0 Å². The highest BCUT2D eigenvalue weighted by atomic mass is 16.1. The summed E-state index contributed by atoms with van der Waals surface area (Å²) in [6.45, 7) is 7.59. The maximum atomic E-state index is 12.0. The molecule has 1 unspecified atom stereocenters. The molecule has 92 valence electrons. The lowest BCUT2D eigenvalue weighted by molar-refractivity contribution is -0.128. The number of carbonyl (C=O) groups excluding carboxylic acids is 1. The minimum Gasteiger partial charge on any atom is -0.298 e. The Kier molecular flexibility index (Phi) is 5.20. The van der Waals surface area contributed by atoms with Gasteiger partial charge in [0.15, 0.2) is 0 Å². The Morgan fingerprint density at radius 3 is 2.75 bits per heavy atom. The summed E-state index contributed by atoms with van der Waals surface area (Å²) in [5, 5.41) is 0. The van der Waals surface area contributed by atoms with Crippen molar-refractivity contribution in [1.29, 1.82) is 0 Å². The van der Waals surface area contributed by atoms with E-state index in [0.29, 0.717) is 17.6 Å². The summed E-state index contributed by atoms with van der Waals surface area (Å²) in [5.41, 5.74) is 0. The van der Waals surface area contributed by atoms with Gasteiger partial charge in [-0.25, -0.2) is 0 Å². The van der Waals surface area contributed by atoms with E-state index in [4.69, 9.17) is 0 Å². The fourth-order valence-corrected chi connectivity index (χ4v) is 2.61. The molecule has 0 radical (unpaired) electrons. The van der Waals surface area contributed by atoms with Gasteiger partial charge in [0.1, 0.15) is 5.78 Å². The second-order valence-corrected chi connectivity index (χ2v) is 5.14. The lowest BCUT2D eigenvalue weighted by Gasteiger charge is -2.37. The largest absolute Gasteiger partial charge is 0.298 e. The summed E-state index contributed by atoms with van der Waals surface area (Å²) in [4.78, 5) is 14.2. The maximum absolute atomic E-state index is 12.0. The van der Waals surface area contributed by atoms with Crippen molar-refractivity contribution in [1.82, 2.24) is 4.90 Å². The van der Waals surface area contributed by atoms with Crippen LogP contribution in [-0.4, -0.2) is 30.3 Å². The quantitative estimate of drug-likeness (QED) is 0.683. The van der Waals surface area contributed by atoms with Crippen molar-refractivity contribution in [2.45, 2.75) is 46.1 Å². The number of allylic oxidation sites excluding steroid dienone is 2. The van der Waals surface area contributed by atoms with Crippen LogP contribution in [0.15, 0.2) is 12.2 Å². The molecule has 0 saturated carbocycles. The van der Waals surface area contributed by atoms with Crippen molar-refractivity contribution in [3.05, 3.63) is 12.2 Å². The molecule has 0 aromatic heterocycles. The van der Waals surface area contributed by atoms with Crippen LogP contribution in [0.1, 0.15) is 40.0 Å². The fraction of sp³-hybridized carbons (Fsp3) is 0.786. The van der Waals surface area contributed by atoms with Gasteiger partial charge in [0.25, 0.3) is 0 Å². The fourth-order valence-electron chi connectivity index (χ4n) is 2.61. The first-order chi connectivity index (χ1) is 7.57. The van der Waals surface area contributed by atoms with Crippen molar-refractivity contribution in [3.63, 3.8) is 0 Å². The minimum absolute atomic E-state index is 0.147. The van der Waals surface area contributed by atoms with Gasteiger partial charge in [0.05, 0.1) is 6.04 Å². The smallest absolute Gasteiger partial charge is 0.150 e. The van der Waals surface area contributed by atoms with Crippen molar-refractivity contribution in [2.75, 3.05) is 13.6 Å². The van der Waals surface area contributed by atoms with Crippen LogP contribution >= 0.6 is 0 Å². The highest BCUT2D eigenvalue weighted by Crippen LogP contribution is 2.26. The molecule has 1 saturated heterocycles. The van der Waals surface area contributed by atoms with Gasteiger partial charge in [0.2, 0.25) is 0 Å². The Bertz CT molecular complexity index is 259. The van der Waals surface area contributed by atoms with E-state index in [0.717, 1.165) is 25.8 Å². The average Bonchev–Trinajstić information content (AvgIpc) is 2.25. The molecule has 16 heavy (non-hydrogen) atoms. The number of nitrogens with zero attached hydrogens (tertiary/aromatic N) is 1. The summed E-state index contributed by atoms with van der Waals surface area (Å²) in [7, 11) is 2.08. The van der Waals surface area contributed by atoms with Crippen molar-refractivity contribution < 1.29 is 4.79 Å². The highest BCUT2D eigenvalue weighted by molar-refractivity contribution is 5.85. The number of carbonyl (C=O) groups is 1. The molecule has 1 aliphatic heterocycles. The van der Waals surface area contributed by atoms with E-state index >= 15 is 0 Å². The lowest BCUT2D eigenvalue weighted by atomic mass is 9.81. The summed E-state index contributed by atoms with van der Waals surface area (Å²) in [6, 6.07) is 0.147. The normalized spacial score (nSPS) is 27.2. The average molecular weight is 223 g/mol. The minimum atomic E-state index is 0.147. The Hall–Kier alpha value is -0.630. The van der Waals surface area contributed by atoms with Crippen LogP contribution in [0.4, 0.5) is 0 Å². The zero-order valence-electron chi connectivity index (χ0n) is 11.1. The third kappa shape index (κ3) is 3.18. The Morgan fingerprint density at radius 1 is 1.50 bits per heavy atom. The van der Waals surface area contributed by atoms with Crippen molar-refractivity contribution >= 4 is 5.78 Å². The predicted molar refractivity (Wildman–Crippen MR) is 68.4 cm³/mol. The van der Waals surface area contributed by atoms with Crippen LogP contribution < -0.4 is 0 Å². The molecule has 0 spiro atoms. The summed E-state index contributed by atoms with van der Waals surface area (Å²) >= 11 is 0.